The SMILES string of the molecule is CC(C)C[C@@H](NC(=O)[C@@H](Cc1ccccc1)NC(=O)[C@H](N)Cc1ccccc1)C(=O)N[C@H](CCCCN)C(=O)N1CC2(CCN(C(=O)CN)CC2)C1. The van der Waals surface area contributed by atoms with E-state index in [2.05, 4.69) is 16.0 Å². The van der Waals surface area contributed by atoms with Gasteiger partial charge in [-0.25, -0.2) is 0 Å². The molecule has 13 nitrogen and oxygen atoms in total. The van der Waals surface area contributed by atoms with Crippen LogP contribution in [0.4, 0.5) is 0 Å². The largest absolute Gasteiger partial charge is 0.343 e. The molecular weight excluding hydrogens is 660 g/mol. The lowest BCUT2D eigenvalue weighted by Crippen LogP contribution is -2.66. The van der Waals surface area contributed by atoms with Crippen LogP contribution < -0.4 is 33.2 Å². The average Bonchev–Trinajstić information content (AvgIpc) is 3.12. The van der Waals surface area contributed by atoms with Crippen molar-refractivity contribution in [2.75, 3.05) is 39.3 Å². The molecule has 0 unspecified atom stereocenters. The van der Waals surface area contributed by atoms with Crippen molar-refractivity contribution in [2.45, 2.75) is 89.4 Å². The number of nitrogens with two attached hydrogens (primary N) is 3. The van der Waals surface area contributed by atoms with E-state index in [0.29, 0.717) is 64.8 Å². The second kappa shape index (κ2) is 19.5. The maximum absolute atomic E-state index is 14.0. The number of amides is 5. The van der Waals surface area contributed by atoms with Crippen LogP contribution in [-0.4, -0.2) is 103 Å². The van der Waals surface area contributed by atoms with Crippen LogP contribution in [0.2, 0.25) is 0 Å². The first-order valence-corrected chi connectivity index (χ1v) is 18.6. The second-order valence-corrected chi connectivity index (χ2v) is 14.9. The highest BCUT2D eigenvalue weighted by molar-refractivity contribution is 5.95. The summed E-state index contributed by atoms with van der Waals surface area (Å²) < 4.78 is 0. The molecule has 0 saturated carbocycles. The van der Waals surface area contributed by atoms with Crippen LogP contribution >= 0.6 is 0 Å². The number of carbonyl (C=O) groups excluding carboxylic acids is 5. The van der Waals surface area contributed by atoms with E-state index in [-0.39, 0.29) is 36.1 Å². The van der Waals surface area contributed by atoms with E-state index in [1.54, 1.807) is 9.80 Å². The topological polar surface area (TPSA) is 206 Å². The van der Waals surface area contributed by atoms with Gasteiger partial charge in [0.25, 0.3) is 0 Å². The van der Waals surface area contributed by atoms with Gasteiger partial charge in [0.15, 0.2) is 0 Å². The third-order valence-corrected chi connectivity index (χ3v) is 10.2. The summed E-state index contributed by atoms with van der Waals surface area (Å²) in [4.78, 5) is 70.7. The Labute approximate surface area is 307 Å². The fraction of sp³-hybridized carbons (Fsp3) is 0.564. The zero-order valence-corrected chi connectivity index (χ0v) is 30.7. The molecule has 4 rings (SSSR count). The number of nitrogens with zero attached hydrogens (tertiary/aromatic N) is 2. The minimum absolute atomic E-state index is 0.00864. The number of hydrogen-bond donors (Lipinski definition) is 6. The van der Waals surface area contributed by atoms with Gasteiger partial charge in [-0.2, -0.15) is 0 Å². The number of rotatable bonds is 18. The first-order chi connectivity index (χ1) is 24.9. The molecule has 13 heteroatoms. The van der Waals surface area contributed by atoms with Gasteiger partial charge in [-0.3, -0.25) is 24.0 Å². The molecule has 2 aliphatic heterocycles. The van der Waals surface area contributed by atoms with Crippen LogP contribution in [0.5, 0.6) is 0 Å². The molecule has 1 spiro atoms. The monoisotopic (exact) mass is 718 g/mol. The molecule has 4 atom stereocenters. The lowest BCUT2D eigenvalue weighted by molar-refractivity contribution is -0.153. The fourth-order valence-corrected chi connectivity index (χ4v) is 7.11. The summed E-state index contributed by atoms with van der Waals surface area (Å²) in [6.45, 7) is 6.74. The number of carbonyl (C=O) groups is 5. The molecule has 9 N–H and O–H groups in total. The van der Waals surface area contributed by atoms with Crippen molar-refractivity contribution in [1.82, 2.24) is 25.8 Å². The molecule has 5 amide bonds. The van der Waals surface area contributed by atoms with Gasteiger partial charge < -0.3 is 43.0 Å². The Hall–Kier alpha value is -4.33. The first-order valence-electron chi connectivity index (χ1n) is 18.6. The van der Waals surface area contributed by atoms with E-state index in [9.17, 15) is 24.0 Å². The van der Waals surface area contributed by atoms with Crippen molar-refractivity contribution in [1.29, 1.82) is 0 Å². The molecule has 2 saturated heterocycles. The summed E-state index contributed by atoms with van der Waals surface area (Å²) >= 11 is 0. The lowest BCUT2D eigenvalue weighted by Gasteiger charge is -2.54. The third kappa shape index (κ3) is 11.6. The molecule has 2 heterocycles. The Kier molecular flexibility index (Phi) is 15.2. The number of nitrogens with one attached hydrogen (secondary N) is 3. The van der Waals surface area contributed by atoms with Crippen LogP contribution in [-0.2, 0) is 36.8 Å². The van der Waals surface area contributed by atoms with Gasteiger partial charge >= 0.3 is 0 Å². The van der Waals surface area contributed by atoms with Gasteiger partial charge in [0.05, 0.1) is 12.6 Å². The van der Waals surface area contributed by atoms with Gasteiger partial charge in [0.2, 0.25) is 29.5 Å². The first kappa shape index (κ1) is 40.4. The third-order valence-electron chi connectivity index (χ3n) is 10.2. The van der Waals surface area contributed by atoms with Gasteiger partial charge in [-0.15, -0.1) is 0 Å². The van der Waals surface area contributed by atoms with Crippen molar-refractivity contribution in [2.24, 2.45) is 28.5 Å². The highest BCUT2D eigenvalue weighted by atomic mass is 16.2. The molecule has 52 heavy (non-hydrogen) atoms. The van der Waals surface area contributed by atoms with Gasteiger partial charge in [0.1, 0.15) is 18.1 Å². The summed E-state index contributed by atoms with van der Waals surface area (Å²) in [5.41, 5.74) is 19.3. The molecule has 2 aromatic rings. The van der Waals surface area contributed by atoms with E-state index in [4.69, 9.17) is 17.2 Å². The standard InChI is InChI=1S/C39H58N8O5/c1-27(2)21-32(45-37(51)33(23-29-13-7-4-8-14-29)44-35(49)30(42)22-28-11-5-3-6-12-28)36(50)43-31(15-9-10-18-40)38(52)47-25-39(26-47)16-19-46(20-17-39)34(48)24-41/h3-8,11-14,27,30-33H,9-10,15-26,40-42H2,1-2H3,(H,43,50)(H,44,49)(H,45,51)/t30-,31-,32-,33-/m1/s1. The minimum Gasteiger partial charge on any atom is -0.343 e. The van der Waals surface area contributed by atoms with E-state index >= 15 is 0 Å². The number of benzene rings is 2. The zero-order chi connectivity index (χ0) is 37.7. The molecular formula is C39H58N8O5. The Morgan fingerprint density at radius 1 is 0.712 bits per heavy atom. The minimum atomic E-state index is -0.995. The lowest BCUT2D eigenvalue weighted by atomic mass is 9.71. The second-order valence-electron chi connectivity index (χ2n) is 14.9. The van der Waals surface area contributed by atoms with Crippen LogP contribution in [0.15, 0.2) is 60.7 Å². The van der Waals surface area contributed by atoms with Crippen molar-refractivity contribution in [3.63, 3.8) is 0 Å². The Morgan fingerprint density at radius 2 is 1.25 bits per heavy atom. The van der Waals surface area contributed by atoms with Crippen molar-refractivity contribution >= 4 is 29.5 Å². The Balaban J connectivity index is 1.44. The van der Waals surface area contributed by atoms with E-state index in [1.807, 2.05) is 74.5 Å². The summed E-state index contributed by atoms with van der Waals surface area (Å²) in [6.07, 6.45) is 4.19. The number of unbranched alkanes of at least 4 members (excludes halogenated alkanes) is 1. The van der Waals surface area contributed by atoms with Crippen molar-refractivity contribution in [3.05, 3.63) is 71.8 Å². The summed E-state index contributed by atoms with van der Waals surface area (Å²) in [5.74, 6) is -1.63. The maximum atomic E-state index is 14.0. The molecule has 284 valence electrons. The number of piperidine rings is 1. The van der Waals surface area contributed by atoms with Crippen molar-refractivity contribution in [3.8, 4) is 0 Å². The highest BCUT2D eigenvalue weighted by Crippen LogP contribution is 2.40. The maximum Gasteiger partial charge on any atom is 0.245 e. The van der Waals surface area contributed by atoms with Crippen LogP contribution in [0, 0.1) is 11.3 Å². The molecule has 0 radical (unpaired) electrons. The van der Waals surface area contributed by atoms with Crippen LogP contribution in [0.25, 0.3) is 0 Å². The zero-order valence-electron chi connectivity index (χ0n) is 30.7. The van der Waals surface area contributed by atoms with E-state index in [1.165, 1.54) is 0 Å². The highest BCUT2D eigenvalue weighted by Gasteiger charge is 2.48. The molecule has 0 aromatic heterocycles. The summed E-state index contributed by atoms with van der Waals surface area (Å²) in [5, 5.41) is 8.71. The molecule has 0 aliphatic carbocycles. The number of hydrogen-bond acceptors (Lipinski definition) is 8. The Morgan fingerprint density at radius 3 is 1.81 bits per heavy atom. The number of likely N-dealkylation sites (tertiary alicyclic amines) is 2. The van der Waals surface area contributed by atoms with Gasteiger partial charge in [0, 0.05) is 38.0 Å². The quantitative estimate of drug-likeness (QED) is 0.122. The molecule has 2 fully saturated rings. The normalized spacial score (nSPS) is 17.4. The predicted octanol–water partition coefficient (Wildman–Crippen LogP) is 0.838. The smallest absolute Gasteiger partial charge is 0.245 e. The summed E-state index contributed by atoms with van der Waals surface area (Å²) in [7, 11) is 0. The Bertz CT molecular complexity index is 1470. The fourth-order valence-electron chi connectivity index (χ4n) is 7.11. The van der Waals surface area contributed by atoms with Gasteiger partial charge in [-0.05, 0) is 68.5 Å². The molecule has 0 bridgehead atoms. The molecule has 2 aliphatic rings. The summed E-state index contributed by atoms with van der Waals surface area (Å²) in [6, 6.07) is 15.1. The van der Waals surface area contributed by atoms with Gasteiger partial charge in [-0.1, -0.05) is 74.5 Å². The predicted molar refractivity (Wildman–Crippen MR) is 200 cm³/mol. The van der Waals surface area contributed by atoms with E-state index < -0.39 is 41.9 Å². The van der Waals surface area contributed by atoms with E-state index in [0.717, 1.165) is 24.0 Å². The van der Waals surface area contributed by atoms with Crippen LogP contribution in [0.1, 0.15) is 63.5 Å². The van der Waals surface area contributed by atoms with Crippen molar-refractivity contribution < 1.29 is 24.0 Å². The van der Waals surface area contributed by atoms with Crippen LogP contribution in [0.3, 0.4) is 0 Å². The average molecular weight is 719 g/mol. The molecule has 2 aromatic carbocycles.